The Morgan fingerprint density at radius 2 is 1.86 bits per heavy atom. The van der Waals surface area contributed by atoms with Gasteiger partial charge in [-0.25, -0.2) is 4.79 Å². The average Bonchev–Trinajstić information content (AvgIpc) is 2.34. The molecular weight excluding hydrogens is 282 g/mol. The summed E-state index contributed by atoms with van der Waals surface area (Å²) in [7, 11) is 5.78. The number of unbranched alkanes of at least 4 members (excludes halogenated alkanes) is 3. The Kier molecular flexibility index (Phi) is 10.2. The van der Waals surface area contributed by atoms with Crippen molar-refractivity contribution in [1.29, 1.82) is 0 Å². The van der Waals surface area contributed by atoms with Crippen LogP contribution in [0.15, 0.2) is 24.3 Å². The van der Waals surface area contributed by atoms with Crippen LogP contribution in [0, 0.1) is 0 Å². The number of carbonyl (C=O) groups is 2. The van der Waals surface area contributed by atoms with Crippen molar-refractivity contribution < 1.29 is 23.9 Å². The van der Waals surface area contributed by atoms with E-state index >= 15 is 0 Å². The van der Waals surface area contributed by atoms with Gasteiger partial charge in [0.2, 0.25) is 0 Å². The second kappa shape index (κ2) is 11.0. The molecule has 0 fully saturated rings. The molecule has 0 saturated heterocycles. The van der Waals surface area contributed by atoms with Crippen molar-refractivity contribution in [2.24, 2.45) is 0 Å². The van der Waals surface area contributed by atoms with Gasteiger partial charge in [-0.05, 0) is 12.8 Å². The Morgan fingerprint density at radius 1 is 1.18 bits per heavy atom. The zero-order chi connectivity index (χ0) is 17.0. The zero-order valence-electron chi connectivity index (χ0n) is 14.2. The van der Waals surface area contributed by atoms with Gasteiger partial charge >= 0.3 is 11.9 Å². The molecule has 1 atom stereocenters. The number of carboxylic acids is 1. The fourth-order valence-corrected chi connectivity index (χ4v) is 1.97. The highest BCUT2D eigenvalue weighted by molar-refractivity contribution is 5.82. The molecule has 1 N–H and O–H groups in total. The third-order valence-corrected chi connectivity index (χ3v) is 2.89. The molecular formula is C17H30NO4+. The topological polar surface area (TPSA) is 63.6 Å². The summed E-state index contributed by atoms with van der Waals surface area (Å²) in [5.41, 5.74) is 0. The highest BCUT2D eigenvalue weighted by Gasteiger charge is 2.23. The van der Waals surface area contributed by atoms with E-state index < -0.39 is 18.0 Å². The number of quaternary nitrogens is 1. The first-order valence-electron chi connectivity index (χ1n) is 7.80. The normalized spacial score (nSPS) is 13.6. The van der Waals surface area contributed by atoms with E-state index in [0.29, 0.717) is 11.0 Å². The second-order valence-corrected chi connectivity index (χ2v) is 6.41. The van der Waals surface area contributed by atoms with Gasteiger partial charge in [0.15, 0.2) is 6.10 Å². The number of aliphatic carboxylic acids is 1. The molecule has 0 aromatic heterocycles. The average molecular weight is 312 g/mol. The van der Waals surface area contributed by atoms with Crippen molar-refractivity contribution in [3.8, 4) is 0 Å². The van der Waals surface area contributed by atoms with Crippen LogP contribution in [0.4, 0.5) is 0 Å². The molecule has 0 amide bonds. The van der Waals surface area contributed by atoms with E-state index in [4.69, 9.17) is 9.84 Å². The van der Waals surface area contributed by atoms with E-state index in [1.54, 1.807) is 6.08 Å². The summed E-state index contributed by atoms with van der Waals surface area (Å²) >= 11 is 0. The minimum Gasteiger partial charge on any atom is -0.481 e. The fourth-order valence-electron chi connectivity index (χ4n) is 1.97. The van der Waals surface area contributed by atoms with E-state index in [2.05, 4.69) is 6.92 Å². The van der Waals surface area contributed by atoms with Crippen molar-refractivity contribution in [3.63, 3.8) is 0 Å². The summed E-state index contributed by atoms with van der Waals surface area (Å²) in [6, 6.07) is 0. The van der Waals surface area contributed by atoms with Crippen molar-refractivity contribution in [3.05, 3.63) is 24.3 Å². The van der Waals surface area contributed by atoms with E-state index in [9.17, 15) is 9.59 Å². The molecule has 0 aliphatic heterocycles. The molecule has 1 unspecified atom stereocenters. The fraction of sp³-hybridized carbons (Fsp3) is 0.647. The Balaban J connectivity index is 4.29. The maximum atomic E-state index is 11.7. The van der Waals surface area contributed by atoms with Gasteiger partial charge in [-0.2, -0.15) is 0 Å². The van der Waals surface area contributed by atoms with E-state index in [-0.39, 0.29) is 6.42 Å². The molecule has 0 spiro atoms. The maximum Gasteiger partial charge on any atom is 0.331 e. The highest BCUT2D eigenvalue weighted by atomic mass is 16.5. The molecule has 0 radical (unpaired) electrons. The van der Waals surface area contributed by atoms with Gasteiger partial charge in [0.25, 0.3) is 0 Å². The predicted octanol–water partition coefficient (Wildman–Crippen LogP) is 2.77. The van der Waals surface area contributed by atoms with Crippen LogP contribution in [0.1, 0.15) is 39.0 Å². The lowest BCUT2D eigenvalue weighted by molar-refractivity contribution is -0.873. The lowest BCUT2D eigenvalue weighted by Crippen LogP contribution is -2.43. The summed E-state index contributed by atoms with van der Waals surface area (Å²) in [6.07, 6.45) is 10.5. The van der Waals surface area contributed by atoms with Gasteiger partial charge < -0.3 is 14.3 Å². The number of ether oxygens (including phenoxy) is 1. The highest BCUT2D eigenvalue weighted by Crippen LogP contribution is 2.06. The number of hydrogen-bond acceptors (Lipinski definition) is 3. The minimum atomic E-state index is -0.967. The standard InChI is InChI=1S/C17H29NO4/c1-5-6-7-8-9-10-11-12-17(21)22-15(13-16(19)20)14-18(2,3)4/h9-12,15H,5-8,13-14H2,1-4H3/p+1/b10-9+,12-11+. The molecule has 0 aromatic rings. The zero-order valence-corrected chi connectivity index (χ0v) is 14.2. The molecule has 0 aliphatic rings. The third-order valence-electron chi connectivity index (χ3n) is 2.89. The van der Waals surface area contributed by atoms with Crippen LogP contribution in [0.3, 0.4) is 0 Å². The lowest BCUT2D eigenvalue weighted by atomic mass is 10.2. The smallest absolute Gasteiger partial charge is 0.331 e. The summed E-state index contributed by atoms with van der Waals surface area (Å²) in [4.78, 5) is 22.5. The molecule has 22 heavy (non-hydrogen) atoms. The van der Waals surface area contributed by atoms with Crippen LogP contribution in [0.5, 0.6) is 0 Å². The molecule has 5 heteroatoms. The Hall–Kier alpha value is -1.62. The minimum absolute atomic E-state index is 0.179. The summed E-state index contributed by atoms with van der Waals surface area (Å²) < 4.78 is 5.76. The van der Waals surface area contributed by atoms with E-state index in [0.717, 1.165) is 12.8 Å². The Labute approximate surface area is 133 Å². The van der Waals surface area contributed by atoms with Crippen molar-refractivity contribution in [2.75, 3.05) is 27.7 Å². The van der Waals surface area contributed by atoms with Crippen LogP contribution in [0.2, 0.25) is 0 Å². The van der Waals surface area contributed by atoms with Gasteiger partial charge in [-0.15, -0.1) is 0 Å². The first-order chi connectivity index (χ1) is 10.2. The van der Waals surface area contributed by atoms with E-state index in [1.807, 2.05) is 33.3 Å². The van der Waals surface area contributed by atoms with Crippen molar-refractivity contribution in [2.45, 2.75) is 45.1 Å². The molecule has 0 heterocycles. The van der Waals surface area contributed by atoms with Crippen molar-refractivity contribution in [1.82, 2.24) is 0 Å². The van der Waals surface area contributed by atoms with Gasteiger partial charge in [0.05, 0.1) is 27.6 Å². The van der Waals surface area contributed by atoms with E-state index in [1.165, 1.54) is 18.9 Å². The number of likely N-dealkylation sites (N-methyl/N-ethyl adjacent to an activating group) is 1. The number of hydrogen-bond donors (Lipinski definition) is 1. The second-order valence-electron chi connectivity index (χ2n) is 6.41. The molecule has 5 nitrogen and oxygen atoms in total. The maximum absolute atomic E-state index is 11.7. The van der Waals surface area contributed by atoms with Crippen LogP contribution in [-0.2, 0) is 14.3 Å². The molecule has 0 bridgehead atoms. The van der Waals surface area contributed by atoms with Crippen molar-refractivity contribution >= 4 is 11.9 Å². The first kappa shape index (κ1) is 20.4. The van der Waals surface area contributed by atoms with Gasteiger partial charge in [0, 0.05) is 6.08 Å². The van der Waals surface area contributed by atoms with Crippen LogP contribution in [0.25, 0.3) is 0 Å². The molecule has 0 saturated carbocycles. The third kappa shape index (κ3) is 13.4. The van der Waals surface area contributed by atoms with Crippen LogP contribution >= 0.6 is 0 Å². The number of carboxylic acid groups (broad SMARTS) is 1. The lowest BCUT2D eigenvalue weighted by Gasteiger charge is -2.28. The molecule has 0 aliphatic carbocycles. The SMILES string of the molecule is CCCCC/C=C/C=C/C(=O)OC(CC(=O)O)C[N+](C)(C)C. The monoisotopic (exact) mass is 312 g/mol. The Morgan fingerprint density at radius 3 is 2.41 bits per heavy atom. The first-order valence-corrected chi connectivity index (χ1v) is 7.80. The number of esters is 1. The summed E-state index contributed by atoms with van der Waals surface area (Å²) in [5, 5.41) is 8.88. The van der Waals surface area contributed by atoms with Crippen LogP contribution in [-0.4, -0.2) is 55.3 Å². The number of allylic oxidation sites excluding steroid dienone is 3. The molecule has 126 valence electrons. The number of carbonyl (C=O) groups excluding carboxylic acids is 1. The summed E-state index contributed by atoms with van der Waals surface area (Å²) in [6.45, 7) is 2.61. The largest absolute Gasteiger partial charge is 0.481 e. The number of nitrogens with zero attached hydrogens (tertiary/aromatic N) is 1. The van der Waals surface area contributed by atoms with Gasteiger partial charge in [0.1, 0.15) is 6.54 Å². The predicted molar refractivity (Wildman–Crippen MR) is 87.5 cm³/mol. The summed E-state index contributed by atoms with van der Waals surface area (Å²) in [5.74, 6) is -1.47. The quantitative estimate of drug-likeness (QED) is 0.209. The van der Waals surface area contributed by atoms with Gasteiger partial charge in [-0.1, -0.05) is 38.0 Å². The van der Waals surface area contributed by atoms with Crippen LogP contribution < -0.4 is 0 Å². The number of rotatable bonds is 11. The molecule has 0 aromatic carbocycles. The van der Waals surface area contributed by atoms with Gasteiger partial charge in [-0.3, -0.25) is 4.79 Å². The Bertz CT molecular complexity index is 394. The molecule has 0 rings (SSSR count).